The molecular weight excluding hydrogens is 354 g/mol. The number of fused-ring (bicyclic) bond motifs is 1. The van der Waals surface area contributed by atoms with Gasteiger partial charge >= 0.3 is 0 Å². The van der Waals surface area contributed by atoms with E-state index in [2.05, 4.69) is 15.4 Å². The molecule has 7 nitrogen and oxygen atoms in total. The van der Waals surface area contributed by atoms with Gasteiger partial charge in [-0.1, -0.05) is 18.9 Å². The van der Waals surface area contributed by atoms with E-state index in [-0.39, 0.29) is 11.8 Å². The van der Waals surface area contributed by atoms with Crippen molar-refractivity contribution in [2.75, 3.05) is 6.54 Å². The summed E-state index contributed by atoms with van der Waals surface area (Å²) in [6.45, 7) is 1.30. The first kappa shape index (κ1) is 18.7. The third kappa shape index (κ3) is 4.08. The van der Waals surface area contributed by atoms with E-state index in [1.807, 2.05) is 36.3 Å². The van der Waals surface area contributed by atoms with Gasteiger partial charge in [0.1, 0.15) is 0 Å². The van der Waals surface area contributed by atoms with Gasteiger partial charge < -0.3 is 10.2 Å². The van der Waals surface area contributed by atoms with Crippen molar-refractivity contribution in [2.45, 2.75) is 51.1 Å². The van der Waals surface area contributed by atoms with Crippen molar-refractivity contribution in [1.82, 2.24) is 25.0 Å². The van der Waals surface area contributed by atoms with Crippen LogP contribution in [-0.4, -0.2) is 38.0 Å². The number of aryl methyl sites for hydroxylation is 1. The molecule has 4 rings (SSSR count). The molecule has 7 heteroatoms. The Hall–Kier alpha value is -2.70. The molecule has 1 fully saturated rings. The summed E-state index contributed by atoms with van der Waals surface area (Å²) in [5, 5.41) is 7.47. The minimum absolute atomic E-state index is 0.107. The summed E-state index contributed by atoms with van der Waals surface area (Å²) in [7, 11) is 1.85. The van der Waals surface area contributed by atoms with Gasteiger partial charge in [0.15, 0.2) is 0 Å². The Bertz CT molecular complexity index is 842. The van der Waals surface area contributed by atoms with Crippen molar-refractivity contribution in [2.24, 2.45) is 13.0 Å². The van der Waals surface area contributed by atoms with Gasteiger partial charge in [0.05, 0.1) is 23.9 Å². The molecule has 2 aromatic heterocycles. The molecule has 2 amide bonds. The molecule has 1 saturated carbocycles. The van der Waals surface area contributed by atoms with Crippen molar-refractivity contribution in [3.8, 4) is 0 Å². The van der Waals surface area contributed by atoms with Gasteiger partial charge in [-0.05, 0) is 30.9 Å². The maximum Gasteiger partial charge on any atom is 0.231 e. The van der Waals surface area contributed by atoms with Crippen LogP contribution in [0.15, 0.2) is 30.6 Å². The second-order valence-electron chi connectivity index (χ2n) is 7.93. The van der Waals surface area contributed by atoms with E-state index >= 15 is 0 Å². The van der Waals surface area contributed by atoms with E-state index < -0.39 is 5.92 Å². The average molecular weight is 381 g/mol. The second-order valence-corrected chi connectivity index (χ2v) is 7.93. The maximum absolute atomic E-state index is 12.9. The molecule has 0 spiro atoms. The fourth-order valence-electron chi connectivity index (χ4n) is 4.34. The summed E-state index contributed by atoms with van der Waals surface area (Å²) in [6.07, 6.45) is 8.97. The summed E-state index contributed by atoms with van der Waals surface area (Å²) in [6, 6.07) is 5.63. The summed E-state index contributed by atoms with van der Waals surface area (Å²) in [5.41, 5.74) is 2.56. The van der Waals surface area contributed by atoms with Crippen molar-refractivity contribution < 1.29 is 9.59 Å². The monoisotopic (exact) mass is 381 g/mol. The number of aromatic nitrogens is 3. The van der Waals surface area contributed by atoms with Crippen LogP contribution in [0.4, 0.5) is 0 Å². The van der Waals surface area contributed by atoms with Gasteiger partial charge in [-0.3, -0.25) is 19.3 Å². The highest BCUT2D eigenvalue weighted by atomic mass is 16.2. The Morgan fingerprint density at radius 1 is 1.25 bits per heavy atom. The lowest BCUT2D eigenvalue weighted by molar-refractivity contribution is -0.134. The van der Waals surface area contributed by atoms with Crippen molar-refractivity contribution in [3.63, 3.8) is 0 Å². The zero-order chi connectivity index (χ0) is 19.5. The van der Waals surface area contributed by atoms with Gasteiger partial charge in [0.2, 0.25) is 11.8 Å². The summed E-state index contributed by atoms with van der Waals surface area (Å²) < 4.78 is 1.73. The van der Waals surface area contributed by atoms with Crippen molar-refractivity contribution in [1.29, 1.82) is 0 Å². The largest absolute Gasteiger partial charge is 0.350 e. The molecule has 1 aliphatic heterocycles. The molecule has 0 unspecified atom stereocenters. The highest BCUT2D eigenvalue weighted by Crippen LogP contribution is 2.31. The average Bonchev–Trinajstić information content (AvgIpc) is 3.34. The molecule has 0 saturated heterocycles. The molecule has 148 valence electrons. The molecule has 28 heavy (non-hydrogen) atoms. The lowest BCUT2D eigenvalue weighted by atomic mass is 9.94. The topological polar surface area (TPSA) is 80.1 Å². The number of amides is 2. The van der Waals surface area contributed by atoms with Crippen LogP contribution in [0, 0.1) is 5.92 Å². The van der Waals surface area contributed by atoms with Crippen LogP contribution in [0.3, 0.4) is 0 Å². The third-order valence-corrected chi connectivity index (χ3v) is 5.81. The van der Waals surface area contributed by atoms with Crippen LogP contribution in [0.25, 0.3) is 0 Å². The van der Waals surface area contributed by atoms with Crippen LogP contribution in [-0.2, 0) is 29.7 Å². The molecule has 0 radical (unpaired) electrons. The summed E-state index contributed by atoms with van der Waals surface area (Å²) in [4.78, 5) is 31.9. The smallest absolute Gasteiger partial charge is 0.231 e. The van der Waals surface area contributed by atoms with Crippen LogP contribution in [0.1, 0.15) is 55.0 Å². The predicted molar refractivity (Wildman–Crippen MR) is 104 cm³/mol. The number of carbonyl (C=O) groups is 2. The third-order valence-electron chi connectivity index (χ3n) is 5.81. The molecule has 2 aromatic rings. The Balaban J connectivity index is 1.46. The SMILES string of the molecule is Cn1cc2c(n1)[C@H](C(=O)NCc1ccccn1)CN(C(=O)CC1CCCC1)C2. The van der Waals surface area contributed by atoms with Crippen molar-refractivity contribution >= 4 is 11.8 Å². The number of pyridine rings is 1. The van der Waals surface area contributed by atoms with Crippen LogP contribution in [0.2, 0.25) is 0 Å². The quantitative estimate of drug-likeness (QED) is 0.860. The fourth-order valence-corrected chi connectivity index (χ4v) is 4.34. The van der Waals surface area contributed by atoms with Gasteiger partial charge in [0, 0.05) is 44.5 Å². The van der Waals surface area contributed by atoms with Crippen LogP contribution >= 0.6 is 0 Å². The lowest BCUT2D eigenvalue weighted by Gasteiger charge is -2.32. The Labute approximate surface area is 165 Å². The van der Waals surface area contributed by atoms with E-state index in [0.717, 1.165) is 29.8 Å². The first-order valence-corrected chi connectivity index (χ1v) is 10.1. The zero-order valence-corrected chi connectivity index (χ0v) is 16.3. The highest BCUT2D eigenvalue weighted by Gasteiger charge is 2.35. The number of hydrogen-bond acceptors (Lipinski definition) is 4. The van der Waals surface area contributed by atoms with Gasteiger partial charge in [-0.2, -0.15) is 5.10 Å². The fraction of sp³-hybridized carbons (Fsp3) is 0.524. The molecule has 0 aromatic carbocycles. The standard InChI is InChI=1S/C21H27N5O2/c1-25-12-16-13-26(19(27)10-15-6-2-3-7-15)14-18(20(16)24-25)21(28)23-11-17-8-4-5-9-22-17/h4-5,8-9,12,15,18H,2-3,6-7,10-11,13-14H2,1H3,(H,23,28)/t18-/m1/s1. The summed E-state index contributed by atoms with van der Waals surface area (Å²) in [5.74, 6) is 0.105. The number of carbonyl (C=O) groups excluding carboxylic acids is 2. The van der Waals surface area contributed by atoms with Crippen LogP contribution < -0.4 is 5.32 Å². The minimum atomic E-state index is -0.443. The first-order chi connectivity index (χ1) is 13.6. The number of nitrogens with one attached hydrogen (secondary N) is 1. The highest BCUT2D eigenvalue weighted by molar-refractivity contribution is 5.85. The van der Waals surface area contributed by atoms with Crippen LogP contribution in [0.5, 0.6) is 0 Å². The molecule has 1 atom stereocenters. The van der Waals surface area contributed by atoms with Gasteiger partial charge in [0.25, 0.3) is 0 Å². The maximum atomic E-state index is 12.9. The van der Waals surface area contributed by atoms with E-state index in [0.29, 0.717) is 32.0 Å². The van der Waals surface area contributed by atoms with E-state index in [4.69, 9.17) is 0 Å². The second kappa shape index (κ2) is 8.12. The summed E-state index contributed by atoms with van der Waals surface area (Å²) >= 11 is 0. The molecule has 1 aliphatic carbocycles. The van der Waals surface area contributed by atoms with Gasteiger partial charge in [-0.15, -0.1) is 0 Å². The number of rotatable bonds is 5. The first-order valence-electron chi connectivity index (χ1n) is 10.1. The van der Waals surface area contributed by atoms with Crippen molar-refractivity contribution in [3.05, 3.63) is 47.5 Å². The van der Waals surface area contributed by atoms with E-state index in [9.17, 15) is 9.59 Å². The Morgan fingerprint density at radius 2 is 2.07 bits per heavy atom. The molecule has 1 N–H and O–H groups in total. The zero-order valence-electron chi connectivity index (χ0n) is 16.3. The molecule has 0 bridgehead atoms. The van der Waals surface area contributed by atoms with E-state index in [1.54, 1.807) is 10.9 Å². The molecular formula is C21H27N5O2. The Morgan fingerprint density at radius 3 is 2.82 bits per heavy atom. The minimum Gasteiger partial charge on any atom is -0.350 e. The predicted octanol–water partition coefficient (Wildman–Crippen LogP) is 2.14. The van der Waals surface area contributed by atoms with Gasteiger partial charge in [-0.25, -0.2) is 0 Å². The molecule has 2 aliphatic rings. The number of nitrogens with zero attached hydrogens (tertiary/aromatic N) is 4. The Kier molecular flexibility index (Phi) is 5.41. The van der Waals surface area contributed by atoms with E-state index in [1.165, 1.54) is 12.8 Å². The lowest BCUT2D eigenvalue weighted by Crippen LogP contribution is -2.44. The normalized spacial score (nSPS) is 19.5. The molecule has 3 heterocycles. The number of hydrogen-bond donors (Lipinski definition) is 1.